The molecule has 20 heavy (non-hydrogen) atoms. The van der Waals surface area contributed by atoms with E-state index < -0.39 is 10.0 Å². The SMILES string of the molecule is Nc1cccc(S(=O)(=O)N2CCN3C(=O)NCC3C2)c1. The first-order chi connectivity index (χ1) is 9.48. The Hall–Kier alpha value is -1.80. The summed E-state index contributed by atoms with van der Waals surface area (Å²) in [6, 6.07) is 6.06. The quantitative estimate of drug-likeness (QED) is 0.730. The number of nitrogen functional groups attached to an aromatic ring is 1. The molecule has 7 nitrogen and oxygen atoms in total. The monoisotopic (exact) mass is 296 g/mol. The van der Waals surface area contributed by atoms with E-state index in [9.17, 15) is 13.2 Å². The number of nitrogens with zero attached hydrogens (tertiary/aromatic N) is 2. The van der Waals surface area contributed by atoms with Crippen LogP contribution in [0.25, 0.3) is 0 Å². The Morgan fingerprint density at radius 2 is 2.10 bits per heavy atom. The number of fused-ring (bicyclic) bond motifs is 1. The number of piperazine rings is 1. The van der Waals surface area contributed by atoms with Crippen LogP contribution < -0.4 is 11.1 Å². The molecule has 8 heteroatoms. The summed E-state index contributed by atoms with van der Waals surface area (Å²) in [5, 5.41) is 2.73. The van der Waals surface area contributed by atoms with Crippen molar-refractivity contribution in [1.82, 2.24) is 14.5 Å². The lowest BCUT2D eigenvalue weighted by Gasteiger charge is -2.35. The second kappa shape index (κ2) is 4.64. The predicted molar refractivity (Wildman–Crippen MR) is 73.5 cm³/mol. The number of anilines is 1. The number of carbonyl (C=O) groups is 1. The van der Waals surface area contributed by atoms with E-state index in [1.165, 1.54) is 16.4 Å². The highest BCUT2D eigenvalue weighted by molar-refractivity contribution is 7.89. The van der Waals surface area contributed by atoms with Crippen LogP contribution in [0.3, 0.4) is 0 Å². The summed E-state index contributed by atoms with van der Waals surface area (Å²) in [7, 11) is -3.55. The first-order valence-electron chi connectivity index (χ1n) is 6.38. The highest BCUT2D eigenvalue weighted by Gasteiger charge is 2.39. The average Bonchev–Trinajstić information content (AvgIpc) is 2.80. The molecule has 1 aromatic carbocycles. The predicted octanol–water partition coefficient (Wildman–Crippen LogP) is -0.333. The van der Waals surface area contributed by atoms with Crippen molar-refractivity contribution in [2.45, 2.75) is 10.9 Å². The van der Waals surface area contributed by atoms with Crippen molar-refractivity contribution >= 4 is 21.7 Å². The van der Waals surface area contributed by atoms with Gasteiger partial charge in [-0.2, -0.15) is 4.31 Å². The summed E-state index contributed by atoms with van der Waals surface area (Å²) in [5.41, 5.74) is 6.06. The van der Waals surface area contributed by atoms with Gasteiger partial charge >= 0.3 is 6.03 Å². The van der Waals surface area contributed by atoms with Crippen molar-refractivity contribution in [2.24, 2.45) is 0 Å². The molecule has 2 amide bonds. The van der Waals surface area contributed by atoms with Crippen molar-refractivity contribution < 1.29 is 13.2 Å². The molecule has 108 valence electrons. The van der Waals surface area contributed by atoms with Gasteiger partial charge in [-0.15, -0.1) is 0 Å². The van der Waals surface area contributed by atoms with E-state index in [0.717, 1.165) is 0 Å². The van der Waals surface area contributed by atoms with Crippen LogP contribution >= 0.6 is 0 Å². The number of hydrogen-bond donors (Lipinski definition) is 2. The van der Waals surface area contributed by atoms with Gasteiger partial charge in [-0.1, -0.05) is 6.07 Å². The van der Waals surface area contributed by atoms with Crippen LogP contribution in [0.4, 0.5) is 10.5 Å². The number of sulfonamides is 1. The fourth-order valence-electron chi connectivity index (χ4n) is 2.62. The molecule has 2 heterocycles. The van der Waals surface area contributed by atoms with Gasteiger partial charge in [0.2, 0.25) is 10.0 Å². The van der Waals surface area contributed by atoms with Gasteiger partial charge < -0.3 is 16.0 Å². The summed E-state index contributed by atoms with van der Waals surface area (Å²) < 4.78 is 26.5. The van der Waals surface area contributed by atoms with Crippen LogP contribution in [-0.4, -0.2) is 55.9 Å². The number of rotatable bonds is 2. The molecule has 2 saturated heterocycles. The third-order valence-corrected chi connectivity index (χ3v) is 5.55. The second-order valence-electron chi connectivity index (χ2n) is 4.97. The number of benzene rings is 1. The van der Waals surface area contributed by atoms with Crippen LogP contribution in [-0.2, 0) is 10.0 Å². The maximum Gasteiger partial charge on any atom is 0.317 e. The lowest BCUT2D eigenvalue weighted by molar-refractivity contribution is 0.164. The third-order valence-electron chi connectivity index (χ3n) is 3.69. The minimum absolute atomic E-state index is 0.0907. The van der Waals surface area contributed by atoms with Crippen LogP contribution in [0.15, 0.2) is 29.2 Å². The van der Waals surface area contributed by atoms with Gasteiger partial charge in [0, 0.05) is 31.9 Å². The number of nitrogens with one attached hydrogen (secondary N) is 1. The maximum absolute atomic E-state index is 12.6. The lowest BCUT2D eigenvalue weighted by atomic mass is 10.2. The molecule has 3 rings (SSSR count). The Balaban J connectivity index is 1.84. The van der Waals surface area contributed by atoms with Crippen molar-refractivity contribution in [2.75, 3.05) is 31.9 Å². The Morgan fingerprint density at radius 1 is 1.30 bits per heavy atom. The zero-order valence-corrected chi connectivity index (χ0v) is 11.6. The van der Waals surface area contributed by atoms with Gasteiger partial charge in [0.25, 0.3) is 0 Å². The minimum Gasteiger partial charge on any atom is -0.399 e. The van der Waals surface area contributed by atoms with E-state index >= 15 is 0 Å². The highest BCUT2D eigenvalue weighted by Crippen LogP contribution is 2.22. The summed E-state index contributed by atoms with van der Waals surface area (Å²) in [6.45, 7) is 1.52. The van der Waals surface area contributed by atoms with Crippen molar-refractivity contribution in [1.29, 1.82) is 0 Å². The van der Waals surface area contributed by atoms with Crippen LogP contribution in [0.5, 0.6) is 0 Å². The number of hydrogen-bond acceptors (Lipinski definition) is 4. The largest absolute Gasteiger partial charge is 0.399 e. The molecular weight excluding hydrogens is 280 g/mol. The molecule has 0 aliphatic carbocycles. The Labute approximate surface area is 117 Å². The fraction of sp³-hybridized carbons (Fsp3) is 0.417. The molecule has 1 aromatic rings. The second-order valence-corrected chi connectivity index (χ2v) is 6.91. The van der Waals surface area contributed by atoms with E-state index in [4.69, 9.17) is 5.73 Å². The van der Waals surface area contributed by atoms with E-state index in [-0.39, 0.29) is 17.0 Å². The molecule has 0 bridgehead atoms. The van der Waals surface area contributed by atoms with Gasteiger partial charge in [0.15, 0.2) is 0 Å². The zero-order chi connectivity index (χ0) is 14.3. The molecule has 0 saturated carbocycles. The number of amides is 2. The van der Waals surface area contributed by atoms with Gasteiger partial charge in [-0.25, -0.2) is 13.2 Å². The molecule has 0 spiro atoms. The van der Waals surface area contributed by atoms with Crippen molar-refractivity contribution in [3.63, 3.8) is 0 Å². The molecule has 1 unspecified atom stereocenters. The van der Waals surface area contributed by atoms with Gasteiger partial charge in [0.1, 0.15) is 0 Å². The first-order valence-corrected chi connectivity index (χ1v) is 7.82. The van der Waals surface area contributed by atoms with Gasteiger partial charge in [-0.05, 0) is 18.2 Å². The Kier molecular flexibility index (Phi) is 3.06. The zero-order valence-electron chi connectivity index (χ0n) is 10.8. The fourth-order valence-corrected chi connectivity index (χ4v) is 4.14. The van der Waals surface area contributed by atoms with Gasteiger partial charge in [-0.3, -0.25) is 0 Å². The topological polar surface area (TPSA) is 95.7 Å². The molecule has 2 aliphatic rings. The smallest absolute Gasteiger partial charge is 0.317 e. The molecule has 1 atom stereocenters. The van der Waals surface area contributed by atoms with Crippen LogP contribution in [0, 0.1) is 0 Å². The number of carbonyl (C=O) groups excluding carboxylic acids is 1. The summed E-state index contributed by atoms with van der Waals surface area (Å²) >= 11 is 0. The molecule has 0 aromatic heterocycles. The average molecular weight is 296 g/mol. The number of nitrogens with two attached hydrogens (primary N) is 1. The summed E-state index contributed by atoms with van der Waals surface area (Å²) in [6.07, 6.45) is 0. The number of urea groups is 1. The van der Waals surface area contributed by atoms with E-state index in [2.05, 4.69) is 5.32 Å². The standard InChI is InChI=1S/C12H16N4O3S/c13-9-2-1-3-11(6-9)20(18,19)15-4-5-16-10(8-15)7-14-12(16)17/h1-3,6,10H,4-5,7-8,13H2,(H,14,17). The molecular formula is C12H16N4O3S. The van der Waals surface area contributed by atoms with E-state index in [0.29, 0.717) is 31.9 Å². The van der Waals surface area contributed by atoms with Crippen LogP contribution in [0.2, 0.25) is 0 Å². The lowest BCUT2D eigenvalue weighted by Crippen LogP contribution is -2.53. The highest BCUT2D eigenvalue weighted by atomic mass is 32.2. The van der Waals surface area contributed by atoms with Gasteiger partial charge in [0.05, 0.1) is 10.9 Å². The van der Waals surface area contributed by atoms with Crippen molar-refractivity contribution in [3.05, 3.63) is 24.3 Å². The minimum atomic E-state index is -3.55. The first kappa shape index (κ1) is 13.2. The van der Waals surface area contributed by atoms with Crippen molar-refractivity contribution in [3.8, 4) is 0 Å². The van der Waals surface area contributed by atoms with E-state index in [1.807, 2.05) is 0 Å². The maximum atomic E-state index is 12.6. The Morgan fingerprint density at radius 3 is 2.85 bits per heavy atom. The van der Waals surface area contributed by atoms with Crippen LogP contribution in [0.1, 0.15) is 0 Å². The third kappa shape index (κ3) is 2.10. The summed E-state index contributed by atoms with van der Waals surface area (Å²) in [4.78, 5) is 13.4. The summed E-state index contributed by atoms with van der Waals surface area (Å²) in [5.74, 6) is 0. The molecule has 0 radical (unpaired) electrons. The molecule has 2 fully saturated rings. The van der Waals surface area contributed by atoms with E-state index in [1.54, 1.807) is 17.0 Å². The molecule has 3 N–H and O–H groups in total. The normalized spacial score (nSPS) is 23.5. The molecule has 2 aliphatic heterocycles. The Bertz CT molecular complexity index is 646.